The summed E-state index contributed by atoms with van der Waals surface area (Å²) in [5.41, 5.74) is 10.5. The van der Waals surface area contributed by atoms with E-state index in [1.54, 1.807) is 12.1 Å². The van der Waals surface area contributed by atoms with Crippen LogP contribution >= 0.6 is 0 Å². The molecule has 0 atom stereocenters. The van der Waals surface area contributed by atoms with E-state index in [4.69, 9.17) is 12.6 Å². The minimum Gasteiger partial charge on any atom is -0.500 e. The summed E-state index contributed by atoms with van der Waals surface area (Å²) in [5.74, 6) is 0. The first-order valence-corrected chi connectivity index (χ1v) is 16.2. The van der Waals surface area contributed by atoms with Crippen LogP contribution in [0.4, 0.5) is 0 Å². The van der Waals surface area contributed by atoms with Crippen molar-refractivity contribution in [2.45, 2.75) is 20.6 Å². The quantitative estimate of drug-likeness (QED) is 0.166. The zero-order chi connectivity index (χ0) is 39.0. The number of nitrogens with zero attached hydrogens (tertiary/aromatic N) is 3. The SMILES string of the molecule is Cc1cncc2c(-c3cccc4c3oc3c(-c5cc(-c6ccccc6)ccn5)[c-]ccc34)cccc12.[2H]C([2H])([2H])c1c[c-]c(-c2ccc(C([2H])([2H])[2H])cn2)cc1.[Ir]. The zero-order valence-corrected chi connectivity index (χ0v) is 29.8. The van der Waals surface area contributed by atoms with Crippen LogP contribution in [0.5, 0.6) is 0 Å². The molecule has 4 aromatic heterocycles. The van der Waals surface area contributed by atoms with Gasteiger partial charge < -0.3 is 14.4 Å². The third kappa shape index (κ3) is 6.74. The third-order valence-corrected chi connectivity index (χ3v) is 8.73. The Kier molecular flexibility index (Phi) is 7.75. The van der Waals surface area contributed by atoms with E-state index in [0.717, 1.165) is 66.4 Å². The van der Waals surface area contributed by atoms with Gasteiger partial charge in [-0.05, 0) is 64.4 Å². The van der Waals surface area contributed by atoms with Crippen LogP contribution in [-0.2, 0) is 20.1 Å². The van der Waals surface area contributed by atoms with E-state index >= 15 is 0 Å². The Balaban J connectivity index is 0.000000202. The summed E-state index contributed by atoms with van der Waals surface area (Å²) in [5, 5.41) is 4.46. The van der Waals surface area contributed by atoms with Crippen LogP contribution in [0.1, 0.15) is 24.9 Å². The number of pyridine rings is 3. The zero-order valence-electron chi connectivity index (χ0n) is 33.4. The largest absolute Gasteiger partial charge is 0.500 e. The van der Waals surface area contributed by atoms with Crippen molar-refractivity contribution in [2.75, 3.05) is 0 Å². The predicted octanol–water partition coefficient (Wildman–Crippen LogP) is 11.8. The molecular weight excluding hydrogens is 803 g/mol. The minimum absolute atomic E-state index is 0. The summed E-state index contributed by atoms with van der Waals surface area (Å²) in [6.45, 7) is -2.24. The second-order valence-electron chi connectivity index (χ2n) is 12.0. The van der Waals surface area contributed by atoms with Gasteiger partial charge in [-0.2, -0.15) is 0 Å². The molecule has 9 aromatic rings. The Labute approximate surface area is 319 Å². The molecule has 0 N–H and O–H groups in total. The molecule has 0 aliphatic rings. The van der Waals surface area contributed by atoms with Crippen LogP contribution in [0.15, 0.2) is 151 Å². The van der Waals surface area contributed by atoms with Crippen molar-refractivity contribution in [3.05, 3.63) is 175 Å². The van der Waals surface area contributed by atoms with Gasteiger partial charge in [-0.1, -0.05) is 103 Å². The smallest absolute Gasteiger partial charge is 0.128 e. The number of aryl methyl sites for hydroxylation is 3. The van der Waals surface area contributed by atoms with E-state index in [9.17, 15) is 0 Å². The van der Waals surface area contributed by atoms with Crippen molar-refractivity contribution < 1.29 is 32.7 Å². The summed E-state index contributed by atoms with van der Waals surface area (Å²) < 4.78 is 50.3. The average molecular weight is 842 g/mol. The fraction of sp³-hybridized carbons (Fsp3) is 0.0652. The number of furan rings is 1. The Morgan fingerprint density at radius 1 is 0.608 bits per heavy atom. The summed E-state index contributed by atoms with van der Waals surface area (Å²) in [7, 11) is 0. The standard InChI is InChI=1S/C33H21N2O.C13H12N.Ir/c1-21-19-34-20-30-24(21)10-5-11-25(30)26-12-6-13-27-28-14-7-15-29(33(28)36-32(26)27)31-18-23(16-17-35-31)22-8-3-2-4-9-22;1-10-3-6-12(7-4-10)13-8-5-11(2)9-14-13;/h2-14,16-20H,1H3;3-6,8-9H,1-2H3;/q2*-1;/i;1D3,2D3;. The van der Waals surface area contributed by atoms with E-state index in [-0.39, 0.29) is 31.2 Å². The molecule has 0 unspecified atom stereocenters. The van der Waals surface area contributed by atoms with Gasteiger partial charge in [0.25, 0.3) is 0 Å². The molecule has 0 aliphatic heterocycles. The Bertz CT molecular complexity index is 2780. The van der Waals surface area contributed by atoms with Crippen LogP contribution < -0.4 is 0 Å². The molecule has 4 heterocycles. The van der Waals surface area contributed by atoms with E-state index in [2.05, 4.69) is 94.7 Å². The number of hydrogen-bond acceptors (Lipinski definition) is 4. The fourth-order valence-electron chi connectivity index (χ4n) is 6.26. The minimum atomic E-state index is -2.18. The Morgan fingerprint density at radius 3 is 2.20 bits per heavy atom. The Morgan fingerprint density at radius 2 is 1.41 bits per heavy atom. The average Bonchev–Trinajstić information content (AvgIpc) is 3.60. The summed E-state index contributed by atoms with van der Waals surface area (Å²) >= 11 is 0. The van der Waals surface area contributed by atoms with Crippen LogP contribution in [0.3, 0.4) is 0 Å². The number of rotatable bonds is 4. The fourth-order valence-corrected chi connectivity index (χ4v) is 6.26. The van der Waals surface area contributed by atoms with Gasteiger partial charge in [-0.15, -0.1) is 53.6 Å². The van der Waals surface area contributed by atoms with Gasteiger partial charge in [0.2, 0.25) is 0 Å². The van der Waals surface area contributed by atoms with Crippen molar-refractivity contribution in [1.82, 2.24) is 15.0 Å². The van der Waals surface area contributed by atoms with Crippen LogP contribution in [0.25, 0.3) is 77.5 Å². The maximum Gasteiger partial charge on any atom is 0.128 e. The molecule has 5 aromatic carbocycles. The molecule has 0 aliphatic carbocycles. The van der Waals surface area contributed by atoms with Gasteiger partial charge in [0.05, 0.1) is 5.58 Å². The molecule has 9 rings (SSSR count). The van der Waals surface area contributed by atoms with Gasteiger partial charge >= 0.3 is 0 Å². The van der Waals surface area contributed by atoms with Crippen LogP contribution in [0.2, 0.25) is 0 Å². The molecule has 4 nitrogen and oxygen atoms in total. The summed E-state index contributed by atoms with van der Waals surface area (Å²) in [6.07, 6.45) is 7.00. The van der Waals surface area contributed by atoms with Gasteiger partial charge in [0.1, 0.15) is 5.58 Å². The Hall–Kier alpha value is -5.74. The van der Waals surface area contributed by atoms with Crippen molar-refractivity contribution in [3.63, 3.8) is 0 Å². The summed E-state index contributed by atoms with van der Waals surface area (Å²) in [4.78, 5) is 13.2. The van der Waals surface area contributed by atoms with Crippen LogP contribution in [-0.4, -0.2) is 15.0 Å². The molecule has 0 fully saturated rings. The van der Waals surface area contributed by atoms with Crippen molar-refractivity contribution in [3.8, 4) is 44.8 Å². The number of benzene rings is 5. The van der Waals surface area contributed by atoms with Gasteiger partial charge in [-0.3, -0.25) is 4.98 Å². The maximum atomic E-state index is 7.28. The van der Waals surface area contributed by atoms with E-state index in [1.165, 1.54) is 29.8 Å². The number of hydrogen-bond donors (Lipinski definition) is 0. The first-order valence-electron chi connectivity index (χ1n) is 19.2. The van der Waals surface area contributed by atoms with Crippen molar-refractivity contribution in [2.24, 2.45) is 0 Å². The number of para-hydroxylation sites is 1. The van der Waals surface area contributed by atoms with Crippen molar-refractivity contribution >= 4 is 32.7 Å². The molecule has 51 heavy (non-hydrogen) atoms. The second-order valence-corrected chi connectivity index (χ2v) is 12.0. The number of fused-ring (bicyclic) bond motifs is 4. The maximum absolute atomic E-state index is 7.28. The molecule has 249 valence electrons. The topological polar surface area (TPSA) is 51.8 Å². The molecular formula is C46H33IrN3O-2. The molecule has 0 saturated carbocycles. The van der Waals surface area contributed by atoms with Crippen LogP contribution in [0, 0.1) is 32.8 Å². The molecule has 0 amide bonds. The third-order valence-electron chi connectivity index (χ3n) is 8.73. The van der Waals surface area contributed by atoms with Crippen molar-refractivity contribution in [1.29, 1.82) is 0 Å². The summed E-state index contributed by atoms with van der Waals surface area (Å²) in [6, 6.07) is 45.1. The van der Waals surface area contributed by atoms with E-state index < -0.39 is 13.7 Å². The molecule has 5 heteroatoms. The predicted molar refractivity (Wildman–Crippen MR) is 205 cm³/mol. The molecule has 0 bridgehead atoms. The first kappa shape index (κ1) is 27.0. The van der Waals surface area contributed by atoms with Gasteiger partial charge in [0, 0.05) is 69.5 Å². The normalized spacial score (nSPS) is 13.1. The molecule has 1 radical (unpaired) electrons. The molecule has 0 spiro atoms. The van der Waals surface area contributed by atoms with E-state index in [1.807, 2.05) is 48.9 Å². The first-order chi connectivity index (χ1) is 27.0. The monoisotopic (exact) mass is 842 g/mol. The second kappa shape index (κ2) is 14.6. The number of aromatic nitrogens is 3. The molecule has 0 saturated heterocycles. The van der Waals surface area contributed by atoms with Gasteiger partial charge in [0.15, 0.2) is 0 Å². The van der Waals surface area contributed by atoms with E-state index in [0.29, 0.717) is 11.3 Å². The van der Waals surface area contributed by atoms with Gasteiger partial charge in [-0.25, -0.2) is 0 Å².